The summed E-state index contributed by atoms with van der Waals surface area (Å²) in [4.78, 5) is 45.5. The molecule has 0 saturated heterocycles. The van der Waals surface area contributed by atoms with E-state index in [1.54, 1.807) is 0 Å². The highest BCUT2D eigenvalue weighted by molar-refractivity contribution is 5.96. The third-order valence-electron chi connectivity index (χ3n) is 6.17. The average Bonchev–Trinajstić information content (AvgIpc) is 2.77. The number of aliphatic carboxylic acids is 1. The molecule has 0 spiro atoms. The maximum Gasteiger partial charge on any atom is 0.326 e. The Labute approximate surface area is 170 Å². The maximum atomic E-state index is 13.1. The summed E-state index contributed by atoms with van der Waals surface area (Å²) >= 11 is 0. The molecule has 1 heterocycles. The first-order valence-corrected chi connectivity index (χ1v) is 10.7. The molecule has 0 aliphatic heterocycles. The highest BCUT2D eigenvalue weighted by atomic mass is 16.4. The second kappa shape index (κ2) is 10.3. The van der Waals surface area contributed by atoms with E-state index in [4.69, 9.17) is 0 Å². The first-order valence-electron chi connectivity index (χ1n) is 10.7. The quantitative estimate of drug-likeness (QED) is 0.643. The molecule has 158 valence electrons. The van der Waals surface area contributed by atoms with Crippen molar-refractivity contribution in [2.24, 2.45) is 11.8 Å². The van der Waals surface area contributed by atoms with Crippen LogP contribution in [0.2, 0.25) is 0 Å². The molecule has 1 aromatic heterocycles. The fourth-order valence-corrected chi connectivity index (χ4v) is 4.59. The van der Waals surface area contributed by atoms with E-state index in [0.717, 1.165) is 64.2 Å². The van der Waals surface area contributed by atoms with Gasteiger partial charge in [0.25, 0.3) is 5.91 Å². The van der Waals surface area contributed by atoms with Crippen LogP contribution in [0.3, 0.4) is 0 Å². The van der Waals surface area contributed by atoms with Crippen LogP contribution in [0.25, 0.3) is 0 Å². The van der Waals surface area contributed by atoms with Crippen LogP contribution in [0, 0.1) is 11.8 Å². The fraction of sp³-hybridized carbons (Fsp3) is 0.667. The molecule has 2 amide bonds. The van der Waals surface area contributed by atoms with E-state index in [1.165, 1.54) is 18.6 Å². The molecule has 0 unspecified atom stereocenters. The van der Waals surface area contributed by atoms with Crippen molar-refractivity contribution in [1.29, 1.82) is 0 Å². The molecule has 8 nitrogen and oxygen atoms in total. The number of aromatic nitrogens is 2. The lowest BCUT2D eigenvalue weighted by molar-refractivity contribution is -0.144. The Kier molecular flexibility index (Phi) is 7.55. The molecule has 2 fully saturated rings. The normalized spacial score (nSPS) is 20.4. The molecular formula is C21H30N4O4. The summed E-state index contributed by atoms with van der Waals surface area (Å²) in [7, 11) is 0. The molecule has 2 saturated carbocycles. The molecule has 0 aromatic carbocycles. The summed E-state index contributed by atoms with van der Waals surface area (Å²) in [6, 6.07) is -1.68. The van der Waals surface area contributed by atoms with Gasteiger partial charge in [-0.1, -0.05) is 38.5 Å². The Bertz CT molecular complexity index is 700. The minimum atomic E-state index is -1.01. The molecule has 3 N–H and O–H groups in total. The second-order valence-electron chi connectivity index (χ2n) is 8.16. The van der Waals surface area contributed by atoms with Gasteiger partial charge in [0.1, 0.15) is 17.8 Å². The predicted octanol–water partition coefficient (Wildman–Crippen LogP) is 2.30. The van der Waals surface area contributed by atoms with Gasteiger partial charge in [0, 0.05) is 12.4 Å². The Morgan fingerprint density at radius 3 is 1.97 bits per heavy atom. The minimum absolute atomic E-state index is 0.00910. The monoisotopic (exact) mass is 402 g/mol. The van der Waals surface area contributed by atoms with Gasteiger partial charge in [-0.2, -0.15) is 0 Å². The van der Waals surface area contributed by atoms with Gasteiger partial charge in [0.2, 0.25) is 5.91 Å². The smallest absolute Gasteiger partial charge is 0.326 e. The van der Waals surface area contributed by atoms with Crippen LogP contribution in [-0.4, -0.2) is 44.9 Å². The van der Waals surface area contributed by atoms with Crippen LogP contribution in [0.4, 0.5) is 0 Å². The maximum absolute atomic E-state index is 13.1. The predicted molar refractivity (Wildman–Crippen MR) is 106 cm³/mol. The van der Waals surface area contributed by atoms with E-state index >= 15 is 0 Å². The molecule has 1 aromatic rings. The van der Waals surface area contributed by atoms with Crippen molar-refractivity contribution in [1.82, 2.24) is 20.6 Å². The zero-order valence-corrected chi connectivity index (χ0v) is 16.7. The van der Waals surface area contributed by atoms with Crippen molar-refractivity contribution in [3.8, 4) is 0 Å². The van der Waals surface area contributed by atoms with Crippen molar-refractivity contribution in [3.05, 3.63) is 24.3 Å². The summed E-state index contributed by atoms with van der Waals surface area (Å²) in [5.74, 6) is -1.95. The first kappa shape index (κ1) is 21.2. The van der Waals surface area contributed by atoms with Gasteiger partial charge in [0.15, 0.2) is 0 Å². The van der Waals surface area contributed by atoms with Crippen LogP contribution < -0.4 is 10.6 Å². The molecular weight excluding hydrogens is 372 g/mol. The van der Waals surface area contributed by atoms with Crippen LogP contribution in [0.5, 0.6) is 0 Å². The standard InChI is InChI=1S/C21H30N4O4/c26-19(16-13-22-11-12-23-16)24-17(14-7-3-1-4-8-14)20(27)25-18(21(28)29)15-9-5-2-6-10-15/h11-15,17-18H,1-10H2,(H,24,26)(H,25,27)(H,28,29)/t17-,18-/m0/s1. The zero-order valence-electron chi connectivity index (χ0n) is 16.7. The Hall–Kier alpha value is -2.51. The molecule has 2 aliphatic rings. The SMILES string of the molecule is O=C(N[C@H](C(=O)N[C@H](C(=O)O)C1CCCCC1)C1CCCCC1)c1cnccn1. The van der Waals surface area contributed by atoms with Crippen LogP contribution in [-0.2, 0) is 9.59 Å². The molecule has 2 aliphatic carbocycles. The number of amides is 2. The van der Waals surface area contributed by atoms with Crippen molar-refractivity contribution < 1.29 is 19.5 Å². The van der Waals surface area contributed by atoms with Gasteiger partial charge in [-0.05, 0) is 37.5 Å². The summed E-state index contributed by atoms with van der Waals surface area (Å²) < 4.78 is 0. The number of carbonyl (C=O) groups is 3. The fourth-order valence-electron chi connectivity index (χ4n) is 4.59. The van der Waals surface area contributed by atoms with Gasteiger partial charge < -0.3 is 15.7 Å². The molecule has 0 bridgehead atoms. The number of hydrogen-bond donors (Lipinski definition) is 3. The second-order valence-corrected chi connectivity index (χ2v) is 8.16. The van der Waals surface area contributed by atoms with E-state index in [9.17, 15) is 19.5 Å². The van der Waals surface area contributed by atoms with Crippen molar-refractivity contribution in [2.45, 2.75) is 76.3 Å². The van der Waals surface area contributed by atoms with Gasteiger partial charge in [0.05, 0.1) is 6.20 Å². The topological polar surface area (TPSA) is 121 Å². The van der Waals surface area contributed by atoms with Gasteiger partial charge in [-0.3, -0.25) is 14.6 Å². The summed E-state index contributed by atoms with van der Waals surface area (Å²) in [6.07, 6.45) is 13.7. The highest BCUT2D eigenvalue weighted by Gasteiger charge is 2.36. The lowest BCUT2D eigenvalue weighted by atomic mass is 9.82. The van der Waals surface area contributed by atoms with Gasteiger partial charge >= 0.3 is 5.97 Å². The minimum Gasteiger partial charge on any atom is -0.480 e. The number of carbonyl (C=O) groups excluding carboxylic acids is 2. The Morgan fingerprint density at radius 2 is 1.45 bits per heavy atom. The molecule has 29 heavy (non-hydrogen) atoms. The van der Waals surface area contributed by atoms with Crippen LogP contribution in [0.1, 0.15) is 74.7 Å². The summed E-state index contributed by atoms with van der Waals surface area (Å²) in [6.45, 7) is 0. The number of carboxylic acids is 1. The molecule has 0 radical (unpaired) electrons. The third-order valence-corrected chi connectivity index (χ3v) is 6.17. The average molecular weight is 402 g/mol. The highest BCUT2D eigenvalue weighted by Crippen LogP contribution is 2.29. The molecule has 8 heteroatoms. The Balaban J connectivity index is 1.73. The van der Waals surface area contributed by atoms with E-state index in [1.807, 2.05) is 0 Å². The number of nitrogens with one attached hydrogen (secondary N) is 2. The van der Waals surface area contributed by atoms with Crippen molar-refractivity contribution in [3.63, 3.8) is 0 Å². The van der Waals surface area contributed by atoms with Gasteiger partial charge in [-0.15, -0.1) is 0 Å². The van der Waals surface area contributed by atoms with Crippen molar-refractivity contribution in [2.75, 3.05) is 0 Å². The van der Waals surface area contributed by atoms with E-state index in [0.29, 0.717) is 0 Å². The Morgan fingerprint density at radius 1 is 0.862 bits per heavy atom. The summed E-state index contributed by atoms with van der Waals surface area (Å²) in [5.41, 5.74) is 0.142. The summed E-state index contributed by atoms with van der Waals surface area (Å²) in [5, 5.41) is 15.3. The zero-order chi connectivity index (χ0) is 20.6. The molecule has 3 rings (SSSR count). The third kappa shape index (κ3) is 5.74. The number of rotatable bonds is 7. The van der Waals surface area contributed by atoms with Crippen molar-refractivity contribution >= 4 is 17.8 Å². The van der Waals surface area contributed by atoms with Gasteiger partial charge in [-0.25, -0.2) is 9.78 Å². The van der Waals surface area contributed by atoms with Crippen LogP contribution in [0.15, 0.2) is 18.6 Å². The van der Waals surface area contributed by atoms with Crippen LogP contribution >= 0.6 is 0 Å². The molecule has 2 atom stereocenters. The largest absolute Gasteiger partial charge is 0.480 e. The first-order chi connectivity index (χ1) is 14.1. The number of hydrogen-bond acceptors (Lipinski definition) is 5. The number of nitrogens with zero attached hydrogens (tertiary/aromatic N) is 2. The van der Waals surface area contributed by atoms with E-state index < -0.39 is 29.9 Å². The lowest BCUT2D eigenvalue weighted by Gasteiger charge is -2.33. The number of carboxylic acid groups (broad SMARTS) is 1. The lowest BCUT2D eigenvalue weighted by Crippen LogP contribution is -2.56. The van der Waals surface area contributed by atoms with E-state index in [2.05, 4.69) is 20.6 Å². The van der Waals surface area contributed by atoms with E-state index in [-0.39, 0.29) is 17.5 Å².